The molecule has 0 saturated carbocycles. The highest BCUT2D eigenvalue weighted by molar-refractivity contribution is 5.74. The van der Waals surface area contributed by atoms with Crippen LogP contribution in [0.25, 0.3) is 0 Å². The van der Waals surface area contributed by atoms with Gasteiger partial charge in [0.1, 0.15) is 23.1 Å². The highest BCUT2D eigenvalue weighted by atomic mass is 19.1. The molecule has 2 N–H and O–H groups in total. The molecule has 174 valence electrons. The van der Waals surface area contributed by atoms with Gasteiger partial charge in [-0.3, -0.25) is 9.59 Å². The van der Waals surface area contributed by atoms with Crippen molar-refractivity contribution in [3.63, 3.8) is 0 Å². The van der Waals surface area contributed by atoms with Crippen molar-refractivity contribution in [1.29, 1.82) is 0 Å². The average Bonchev–Trinajstić information content (AvgIpc) is 2.70. The lowest BCUT2D eigenvalue weighted by Crippen LogP contribution is -2.12. The second-order valence-electron chi connectivity index (χ2n) is 7.98. The summed E-state index contributed by atoms with van der Waals surface area (Å²) in [6, 6.07) is 4.65. The van der Waals surface area contributed by atoms with Gasteiger partial charge in [0.15, 0.2) is 0 Å². The molecule has 0 bridgehead atoms. The molecule has 2 rings (SSSR count). The predicted octanol–water partition coefficient (Wildman–Crippen LogP) is 4.71. The maximum atomic E-state index is 14.1. The lowest BCUT2D eigenvalue weighted by Gasteiger charge is -2.20. The van der Waals surface area contributed by atoms with Crippen LogP contribution in [0.15, 0.2) is 24.3 Å². The van der Waals surface area contributed by atoms with Crippen molar-refractivity contribution in [2.75, 3.05) is 13.7 Å². The summed E-state index contributed by atoms with van der Waals surface area (Å²) >= 11 is 0. The number of carboxylic acid groups (broad SMARTS) is 1. The molecule has 2 aromatic rings. The first-order valence-corrected chi connectivity index (χ1v) is 10.3. The van der Waals surface area contributed by atoms with Crippen molar-refractivity contribution in [3.05, 3.63) is 58.2 Å². The van der Waals surface area contributed by atoms with E-state index in [2.05, 4.69) is 4.74 Å². The maximum absolute atomic E-state index is 14.1. The zero-order valence-electron chi connectivity index (χ0n) is 18.6. The van der Waals surface area contributed by atoms with E-state index >= 15 is 0 Å². The van der Waals surface area contributed by atoms with E-state index in [1.807, 2.05) is 13.8 Å². The fraction of sp³-hybridized carbons (Fsp3) is 0.417. The molecule has 0 aliphatic carbocycles. The molecule has 0 saturated heterocycles. The predicted molar refractivity (Wildman–Crippen MR) is 114 cm³/mol. The van der Waals surface area contributed by atoms with E-state index in [1.165, 1.54) is 19.2 Å². The van der Waals surface area contributed by atoms with Crippen molar-refractivity contribution in [1.82, 2.24) is 0 Å². The SMILES string of the molecule is COC(=O)Cc1c(O)cc(F)cc1C(C)CCOc1cc(F)cc(C(C)C)c1CC(=O)O. The third kappa shape index (κ3) is 6.42. The third-order valence-corrected chi connectivity index (χ3v) is 5.27. The van der Waals surface area contributed by atoms with Crippen LogP contribution in [0.2, 0.25) is 0 Å². The molecule has 32 heavy (non-hydrogen) atoms. The molecular formula is C24H28F2O6. The summed E-state index contributed by atoms with van der Waals surface area (Å²) < 4.78 is 38.4. The highest BCUT2D eigenvalue weighted by Gasteiger charge is 2.21. The van der Waals surface area contributed by atoms with Crippen LogP contribution in [-0.4, -0.2) is 35.9 Å². The van der Waals surface area contributed by atoms with Crippen LogP contribution in [0.1, 0.15) is 61.3 Å². The smallest absolute Gasteiger partial charge is 0.310 e. The van der Waals surface area contributed by atoms with Crippen LogP contribution in [0.5, 0.6) is 11.5 Å². The molecule has 1 unspecified atom stereocenters. The van der Waals surface area contributed by atoms with E-state index in [1.54, 1.807) is 6.92 Å². The minimum absolute atomic E-state index is 0.0870. The van der Waals surface area contributed by atoms with Gasteiger partial charge in [-0.15, -0.1) is 0 Å². The monoisotopic (exact) mass is 450 g/mol. The molecular weight excluding hydrogens is 422 g/mol. The number of carbonyl (C=O) groups excluding carboxylic acids is 1. The van der Waals surface area contributed by atoms with Gasteiger partial charge in [-0.1, -0.05) is 20.8 Å². The number of ether oxygens (including phenoxy) is 2. The zero-order valence-corrected chi connectivity index (χ0v) is 18.6. The Morgan fingerprint density at radius 3 is 2.19 bits per heavy atom. The summed E-state index contributed by atoms with van der Waals surface area (Å²) in [5.74, 6) is -3.41. The molecule has 0 aliphatic heterocycles. The number of methoxy groups -OCH3 is 1. The Labute approximate surface area is 185 Å². The number of aromatic hydroxyl groups is 1. The Balaban J connectivity index is 2.24. The minimum atomic E-state index is -1.06. The summed E-state index contributed by atoms with van der Waals surface area (Å²) in [5, 5.41) is 19.4. The number of halogens is 2. The first-order chi connectivity index (χ1) is 15.0. The number of phenolic OH excluding ortho intramolecular Hbond substituents is 1. The molecule has 0 heterocycles. The number of rotatable bonds is 10. The second-order valence-corrected chi connectivity index (χ2v) is 7.98. The van der Waals surface area contributed by atoms with Gasteiger partial charge in [0.2, 0.25) is 0 Å². The van der Waals surface area contributed by atoms with Gasteiger partial charge in [-0.05, 0) is 41.5 Å². The van der Waals surface area contributed by atoms with E-state index in [9.17, 15) is 28.6 Å². The fourth-order valence-corrected chi connectivity index (χ4v) is 3.61. The fourth-order valence-electron chi connectivity index (χ4n) is 3.61. The van der Waals surface area contributed by atoms with Crippen LogP contribution >= 0.6 is 0 Å². The van der Waals surface area contributed by atoms with E-state index in [4.69, 9.17) is 4.74 Å². The summed E-state index contributed by atoms with van der Waals surface area (Å²) in [5.41, 5.74) is 1.68. The number of hydrogen-bond acceptors (Lipinski definition) is 5. The second kappa shape index (κ2) is 10.9. The standard InChI is InChI=1S/C24H28F2O6/c1-13(2)17-7-16(26)10-22(20(17)11-23(28)29)32-6-5-14(3)18-8-15(25)9-21(27)19(18)12-24(30)31-4/h7-10,13-14,27H,5-6,11-12H2,1-4H3,(H,28,29). The van der Waals surface area contributed by atoms with Crippen LogP contribution in [0, 0.1) is 11.6 Å². The Hall–Kier alpha value is -3.16. The summed E-state index contributed by atoms with van der Waals surface area (Å²) in [7, 11) is 1.22. The molecule has 8 heteroatoms. The normalized spacial score (nSPS) is 12.0. The van der Waals surface area contributed by atoms with Gasteiger partial charge >= 0.3 is 11.9 Å². The molecule has 0 aromatic heterocycles. The van der Waals surface area contributed by atoms with Crippen LogP contribution < -0.4 is 4.74 Å². The number of aliphatic carboxylic acids is 1. The first-order valence-electron chi connectivity index (χ1n) is 10.3. The number of phenols is 1. The number of hydrogen-bond donors (Lipinski definition) is 2. The Kier molecular flexibility index (Phi) is 8.57. The first kappa shape index (κ1) is 25.1. The van der Waals surface area contributed by atoms with E-state index < -0.39 is 23.6 Å². The summed E-state index contributed by atoms with van der Waals surface area (Å²) in [6.07, 6.45) is -0.176. The van der Waals surface area contributed by atoms with Crippen molar-refractivity contribution in [3.8, 4) is 11.5 Å². The molecule has 1 atom stereocenters. The molecule has 0 spiro atoms. The van der Waals surface area contributed by atoms with Gasteiger partial charge in [0.25, 0.3) is 0 Å². The van der Waals surface area contributed by atoms with Crippen LogP contribution in [0.3, 0.4) is 0 Å². The van der Waals surface area contributed by atoms with Gasteiger partial charge in [0, 0.05) is 23.3 Å². The van der Waals surface area contributed by atoms with E-state index in [0.717, 1.165) is 12.1 Å². The third-order valence-electron chi connectivity index (χ3n) is 5.27. The number of esters is 1. The van der Waals surface area contributed by atoms with Crippen molar-refractivity contribution < 1.29 is 38.1 Å². The quantitative estimate of drug-likeness (QED) is 0.510. The maximum Gasteiger partial charge on any atom is 0.310 e. The summed E-state index contributed by atoms with van der Waals surface area (Å²) in [6.45, 7) is 5.54. The minimum Gasteiger partial charge on any atom is -0.508 e. The molecule has 0 amide bonds. The number of benzene rings is 2. The average molecular weight is 450 g/mol. The molecule has 2 aromatic carbocycles. The highest BCUT2D eigenvalue weighted by Crippen LogP contribution is 2.33. The molecule has 0 radical (unpaired) electrons. The Morgan fingerprint density at radius 1 is 0.969 bits per heavy atom. The zero-order chi connectivity index (χ0) is 24.0. The molecule has 0 fully saturated rings. The van der Waals surface area contributed by atoms with E-state index in [-0.39, 0.29) is 48.3 Å². The lowest BCUT2D eigenvalue weighted by atomic mass is 9.91. The lowest BCUT2D eigenvalue weighted by molar-refractivity contribution is -0.140. The van der Waals surface area contributed by atoms with Gasteiger partial charge in [-0.25, -0.2) is 8.78 Å². The van der Waals surface area contributed by atoms with Crippen molar-refractivity contribution >= 4 is 11.9 Å². The largest absolute Gasteiger partial charge is 0.508 e. The van der Waals surface area contributed by atoms with Crippen molar-refractivity contribution in [2.24, 2.45) is 0 Å². The van der Waals surface area contributed by atoms with Gasteiger partial charge in [-0.2, -0.15) is 0 Å². The Bertz CT molecular complexity index is 987. The van der Waals surface area contributed by atoms with Crippen LogP contribution in [0.4, 0.5) is 8.78 Å². The van der Waals surface area contributed by atoms with Crippen LogP contribution in [-0.2, 0) is 27.2 Å². The van der Waals surface area contributed by atoms with Crippen molar-refractivity contribution in [2.45, 2.75) is 51.9 Å². The number of carbonyl (C=O) groups is 2. The topological polar surface area (TPSA) is 93.1 Å². The van der Waals surface area contributed by atoms with Gasteiger partial charge in [0.05, 0.1) is 26.6 Å². The Morgan fingerprint density at radius 2 is 1.59 bits per heavy atom. The van der Waals surface area contributed by atoms with Gasteiger partial charge < -0.3 is 19.7 Å². The molecule has 6 nitrogen and oxygen atoms in total. The molecule has 0 aliphatic rings. The summed E-state index contributed by atoms with van der Waals surface area (Å²) in [4.78, 5) is 23.0. The van der Waals surface area contributed by atoms with E-state index in [0.29, 0.717) is 23.1 Å². The number of carboxylic acids is 1.